The van der Waals surface area contributed by atoms with Crippen molar-refractivity contribution in [1.82, 2.24) is 0 Å². The van der Waals surface area contributed by atoms with Crippen molar-refractivity contribution >= 4 is 13.9 Å². The number of nitrogens with two attached hydrogens (primary N) is 2. The summed E-state index contributed by atoms with van der Waals surface area (Å²) in [5, 5.41) is 24.0. The standard InChI is InChI=1S/C3H8O3.CH4N2O.H3O4P/c4-1-3(6)2-5;2-1(3)4;1-5(2,3)4/h3-6H,1-2H2;(H4,2,3,4);(H3,1,2,3,4). The lowest BCUT2D eigenvalue weighted by Crippen LogP contribution is -2.18. The Labute approximate surface area is 85.0 Å². The second-order valence-corrected chi connectivity index (χ2v) is 2.96. The summed E-state index contributed by atoms with van der Waals surface area (Å²) in [6, 6.07) is -0.833. The molecular formula is C4H15N2O8P. The van der Waals surface area contributed by atoms with E-state index in [-0.39, 0.29) is 13.2 Å². The van der Waals surface area contributed by atoms with Gasteiger partial charge in [0, 0.05) is 0 Å². The van der Waals surface area contributed by atoms with Crippen molar-refractivity contribution in [2.45, 2.75) is 6.10 Å². The molecule has 0 spiro atoms. The molecule has 0 rings (SSSR count). The van der Waals surface area contributed by atoms with E-state index in [1.165, 1.54) is 0 Å². The third-order valence-corrected chi connectivity index (χ3v) is 0.421. The molecule has 0 fully saturated rings. The van der Waals surface area contributed by atoms with Crippen LogP contribution >= 0.6 is 7.82 Å². The van der Waals surface area contributed by atoms with Crippen LogP contribution in [-0.2, 0) is 4.57 Å². The first-order valence-electron chi connectivity index (χ1n) is 3.27. The summed E-state index contributed by atoms with van der Waals surface area (Å²) in [5.41, 5.74) is 8.50. The lowest BCUT2D eigenvalue weighted by atomic mass is 10.4. The number of primary amides is 2. The molecule has 94 valence electrons. The average molecular weight is 250 g/mol. The molecule has 0 unspecified atom stereocenters. The summed E-state index contributed by atoms with van der Waals surface area (Å²) < 4.78 is 8.88. The molecule has 10 nitrogen and oxygen atoms in total. The van der Waals surface area contributed by atoms with E-state index < -0.39 is 20.0 Å². The Bertz CT molecular complexity index is 177. The Balaban J connectivity index is -0.000000147. The maximum absolute atomic E-state index is 9.00. The van der Waals surface area contributed by atoms with E-state index in [2.05, 4.69) is 11.5 Å². The first-order chi connectivity index (χ1) is 6.54. The van der Waals surface area contributed by atoms with Gasteiger partial charge in [0.1, 0.15) is 6.10 Å². The predicted octanol–water partition coefficient (Wildman–Crippen LogP) is -3.57. The number of hydrogen-bond acceptors (Lipinski definition) is 5. The van der Waals surface area contributed by atoms with E-state index in [1.807, 2.05) is 0 Å². The van der Waals surface area contributed by atoms with Crippen molar-refractivity contribution in [3.8, 4) is 0 Å². The zero-order valence-electron chi connectivity index (χ0n) is 7.59. The van der Waals surface area contributed by atoms with Crippen LogP contribution in [0, 0.1) is 0 Å². The summed E-state index contributed by atoms with van der Waals surface area (Å²) in [7, 11) is -4.64. The SMILES string of the molecule is NC(N)=O.O=P(O)(O)O.OCC(O)CO. The second kappa shape index (κ2) is 11.3. The van der Waals surface area contributed by atoms with Crippen LogP contribution in [0.2, 0.25) is 0 Å². The van der Waals surface area contributed by atoms with Crippen LogP contribution in [0.5, 0.6) is 0 Å². The molecule has 2 amide bonds. The predicted molar refractivity (Wildman–Crippen MR) is 48.2 cm³/mol. The van der Waals surface area contributed by atoms with Gasteiger partial charge in [-0.25, -0.2) is 9.36 Å². The van der Waals surface area contributed by atoms with Crippen molar-refractivity contribution in [2.75, 3.05) is 13.2 Å². The number of carbonyl (C=O) groups is 1. The maximum Gasteiger partial charge on any atom is 0.466 e. The van der Waals surface area contributed by atoms with E-state index >= 15 is 0 Å². The average Bonchev–Trinajstić information content (AvgIpc) is 1.99. The van der Waals surface area contributed by atoms with Crippen molar-refractivity contribution in [2.24, 2.45) is 11.5 Å². The van der Waals surface area contributed by atoms with Gasteiger partial charge in [-0.15, -0.1) is 0 Å². The van der Waals surface area contributed by atoms with Crippen LogP contribution in [0.3, 0.4) is 0 Å². The molecule has 0 aromatic rings. The molecule has 0 saturated carbocycles. The molecule has 0 saturated heterocycles. The largest absolute Gasteiger partial charge is 0.466 e. The molecule has 11 heteroatoms. The number of phosphoric acid groups is 1. The molecule has 0 aliphatic carbocycles. The monoisotopic (exact) mass is 250 g/mol. The smallest absolute Gasteiger partial charge is 0.394 e. The highest BCUT2D eigenvalue weighted by Crippen LogP contribution is 2.25. The minimum atomic E-state index is -4.64. The Hall–Kier alpha value is -0.740. The summed E-state index contributed by atoms with van der Waals surface area (Å²) in [4.78, 5) is 30.6. The molecule has 0 heterocycles. The third kappa shape index (κ3) is 158. The number of rotatable bonds is 2. The van der Waals surface area contributed by atoms with Gasteiger partial charge in [0.2, 0.25) is 0 Å². The number of urea groups is 1. The highest BCUT2D eigenvalue weighted by molar-refractivity contribution is 7.45. The van der Waals surface area contributed by atoms with Gasteiger partial charge in [0.15, 0.2) is 0 Å². The number of amides is 2. The molecule has 0 aromatic heterocycles. The zero-order valence-corrected chi connectivity index (χ0v) is 8.49. The lowest BCUT2D eigenvalue weighted by molar-refractivity contribution is 0.0450. The van der Waals surface area contributed by atoms with Crippen LogP contribution in [0.15, 0.2) is 0 Å². The topological polar surface area (TPSA) is 208 Å². The van der Waals surface area contributed by atoms with Gasteiger partial charge in [-0.1, -0.05) is 0 Å². The number of aliphatic hydroxyl groups excluding tert-OH is 3. The van der Waals surface area contributed by atoms with E-state index in [1.54, 1.807) is 0 Å². The zero-order chi connectivity index (χ0) is 13.1. The minimum Gasteiger partial charge on any atom is -0.394 e. The molecule has 0 radical (unpaired) electrons. The van der Waals surface area contributed by atoms with Gasteiger partial charge in [0.25, 0.3) is 0 Å². The van der Waals surface area contributed by atoms with Crippen LogP contribution in [0.25, 0.3) is 0 Å². The Morgan fingerprint density at radius 2 is 1.27 bits per heavy atom. The van der Waals surface area contributed by atoms with E-state index in [9.17, 15) is 0 Å². The van der Waals surface area contributed by atoms with Gasteiger partial charge < -0.3 is 41.5 Å². The Morgan fingerprint density at radius 1 is 1.13 bits per heavy atom. The number of aliphatic hydroxyl groups is 3. The quantitative estimate of drug-likeness (QED) is 0.229. The number of carbonyl (C=O) groups excluding carboxylic acids is 1. The van der Waals surface area contributed by atoms with E-state index in [0.717, 1.165) is 0 Å². The minimum absolute atomic E-state index is 0.365. The van der Waals surface area contributed by atoms with Crippen LogP contribution in [0.1, 0.15) is 0 Å². The molecule has 0 aliphatic heterocycles. The second-order valence-electron chi connectivity index (χ2n) is 1.93. The first kappa shape index (κ1) is 19.8. The van der Waals surface area contributed by atoms with Crippen molar-refractivity contribution in [3.05, 3.63) is 0 Å². The first-order valence-corrected chi connectivity index (χ1v) is 4.84. The fourth-order valence-corrected chi connectivity index (χ4v) is 0.0577. The highest BCUT2D eigenvalue weighted by atomic mass is 31.2. The van der Waals surface area contributed by atoms with Gasteiger partial charge >= 0.3 is 13.9 Å². The molecule has 0 aromatic carbocycles. The summed E-state index contributed by atoms with van der Waals surface area (Å²) in [6.45, 7) is -0.729. The fourth-order valence-electron chi connectivity index (χ4n) is 0.0577. The van der Waals surface area contributed by atoms with E-state index in [0.29, 0.717) is 0 Å². The van der Waals surface area contributed by atoms with Crippen molar-refractivity contribution in [3.63, 3.8) is 0 Å². The van der Waals surface area contributed by atoms with Crippen molar-refractivity contribution < 1.29 is 39.4 Å². The third-order valence-electron chi connectivity index (χ3n) is 0.421. The summed E-state index contributed by atoms with van der Waals surface area (Å²) in [6.07, 6.45) is -0.954. The molecule has 15 heavy (non-hydrogen) atoms. The number of hydrogen-bond donors (Lipinski definition) is 8. The molecule has 10 N–H and O–H groups in total. The molecule has 0 bridgehead atoms. The Morgan fingerprint density at radius 3 is 1.27 bits per heavy atom. The van der Waals surface area contributed by atoms with Crippen LogP contribution in [0.4, 0.5) is 4.79 Å². The fraction of sp³-hybridized carbons (Fsp3) is 0.750. The molecule has 0 atom stereocenters. The van der Waals surface area contributed by atoms with Gasteiger partial charge in [0.05, 0.1) is 13.2 Å². The Kier molecular flexibility index (Phi) is 14.9. The summed E-state index contributed by atoms with van der Waals surface area (Å²) >= 11 is 0. The van der Waals surface area contributed by atoms with Gasteiger partial charge in [-0.2, -0.15) is 0 Å². The van der Waals surface area contributed by atoms with Gasteiger partial charge in [-0.05, 0) is 0 Å². The normalized spacial score (nSPS) is 9.53. The van der Waals surface area contributed by atoms with E-state index in [4.69, 9.17) is 39.4 Å². The molecular weight excluding hydrogens is 235 g/mol. The maximum atomic E-state index is 9.00. The van der Waals surface area contributed by atoms with Crippen molar-refractivity contribution in [1.29, 1.82) is 0 Å². The van der Waals surface area contributed by atoms with Crippen LogP contribution < -0.4 is 11.5 Å². The summed E-state index contributed by atoms with van der Waals surface area (Å²) in [5.74, 6) is 0. The lowest BCUT2D eigenvalue weighted by Gasteiger charge is -1.96. The van der Waals surface area contributed by atoms with Crippen LogP contribution in [-0.4, -0.2) is 55.3 Å². The highest BCUT2D eigenvalue weighted by Gasteiger charge is 2.00. The van der Waals surface area contributed by atoms with Gasteiger partial charge in [-0.3, -0.25) is 0 Å². The molecule has 0 aliphatic rings.